The molecule has 0 aliphatic rings. The first kappa shape index (κ1) is 21.4. The largest absolute Gasteiger partial charge is 0.372 e. The van der Waals surface area contributed by atoms with Crippen molar-refractivity contribution in [3.8, 4) is 0 Å². The Kier molecular flexibility index (Phi) is 6.47. The molecule has 0 unspecified atom stereocenters. The molecule has 7 nitrogen and oxygen atoms in total. The summed E-state index contributed by atoms with van der Waals surface area (Å²) in [5.74, 6) is -0.859. The lowest BCUT2D eigenvalue weighted by molar-refractivity contribution is -0.385. The van der Waals surface area contributed by atoms with E-state index >= 15 is 0 Å². The first-order chi connectivity index (χ1) is 14.3. The highest BCUT2D eigenvalue weighted by Crippen LogP contribution is 2.31. The van der Waals surface area contributed by atoms with Gasteiger partial charge >= 0.3 is 0 Å². The van der Waals surface area contributed by atoms with Crippen LogP contribution >= 0.6 is 23.2 Å². The molecule has 0 aliphatic heterocycles. The minimum absolute atomic E-state index is 0.166. The van der Waals surface area contributed by atoms with Crippen LogP contribution in [0.1, 0.15) is 16.7 Å². The van der Waals surface area contributed by atoms with Gasteiger partial charge in [-0.1, -0.05) is 59.6 Å². The maximum absolute atomic E-state index is 13.0. The number of rotatable bonds is 6. The standard InChI is InChI=1S/C21H15Cl2N3O4/c22-17-9-5-15(6-10-17)21(28,16-7-11-18(23)12-8-16)20(27)25-24-13-14-3-1-2-4-19(14)26(29)30/h1-13,28H,(H,25,27)/b24-13+. The number of hydrogen-bond donors (Lipinski definition) is 2. The summed E-state index contributed by atoms with van der Waals surface area (Å²) in [6.45, 7) is 0. The van der Waals surface area contributed by atoms with E-state index in [0.29, 0.717) is 10.0 Å². The Morgan fingerprint density at radius 2 is 1.47 bits per heavy atom. The second-order valence-electron chi connectivity index (χ2n) is 6.24. The molecule has 3 aromatic carbocycles. The summed E-state index contributed by atoms with van der Waals surface area (Å²) in [6.07, 6.45) is 1.14. The Bertz CT molecular complexity index is 1050. The van der Waals surface area contributed by atoms with E-state index in [9.17, 15) is 20.0 Å². The fraction of sp³-hybridized carbons (Fsp3) is 0.0476. The first-order valence-electron chi connectivity index (χ1n) is 8.64. The van der Waals surface area contributed by atoms with E-state index in [0.717, 1.165) is 6.21 Å². The number of nitro groups is 1. The smallest absolute Gasteiger partial charge is 0.281 e. The summed E-state index contributed by atoms with van der Waals surface area (Å²) in [4.78, 5) is 23.5. The van der Waals surface area contributed by atoms with Crippen molar-refractivity contribution < 1.29 is 14.8 Å². The van der Waals surface area contributed by atoms with Crippen LogP contribution in [0.2, 0.25) is 10.0 Å². The number of amides is 1. The number of nitro benzene ring substituents is 1. The van der Waals surface area contributed by atoms with Crippen molar-refractivity contribution in [1.29, 1.82) is 0 Å². The van der Waals surface area contributed by atoms with Crippen molar-refractivity contribution in [3.63, 3.8) is 0 Å². The molecule has 0 saturated heterocycles. The predicted molar refractivity (Wildman–Crippen MR) is 115 cm³/mol. The zero-order chi connectivity index (χ0) is 21.7. The number of hydrazone groups is 1. The highest BCUT2D eigenvalue weighted by atomic mass is 35.5. The first-order valence-corrected chi connectivity index (χ1v) is 9.39. The van der Waals surface area contributed by atoms with Crippen molar-refractivity contribution in [2.45, 2.75) is 5.60 Å². The molecule has 0 spiro atoms. The lowest BCUT2D eigenvalue weighted by atomic mass is 9.85. The Labute approximate surface area is 181 Å². The van der Waals surface area contributed by atoms with Crippen LogP contribution in [0.15, 0.2) is 77.9 Å². The van der Waals surface area contributed by atoms with Gasteiger partial charge in [0.1, 0.15) is 0 Å². The minimum atomic E-state index is -2.10. The van der Waals surface area contributed by atoms with Gasteiger partial charge in [0.15, 0.2) is 5.60 Å². The topological polar surface area (TPSA) is 105 Å². The molecule has 3 aromatic rings. The van der Waals surface area contributed by atoms with Crippen molar-refractivity contribution in [3.05, 3.63) is 110 Å². The molecule has 0 atom stereocenters. The van der Waals surface area contributed by atoms with Gasteiger partial charge in [0, 0.05) is 16.1 Å². The summed E-state index contributed by atoms with van der Waals surface area (Å²) >= 11 is 11.8. The van der Waals surface area contributed by atoms with E-state index in [1.54, 1.807) is 30.3 Å². The van der Waals surface area contributed by atoms with E-state index in [1.165, 1.54) is 42.5 Å². The van der Waals surface area contributed by atoms with Gasteiger partial charge in [0.05, 0.1) is 16.7 Å². The van der Waals surface area contributed by atoms with Crippen molar-refractivity contribution in [1.82, 2.24) is 5.43 Å². The van der Waals surface area contributed by atoms with Crippen LogP contribution in [0.4, 0.5) is 5.69 Å². The summed E-state index contributed by atoms with van der Waals surface area (Å²) in [5.41, 5.74) is 0.701. The molecule has 152 valence electrons. The van der Waals surface area contributed by atoms with E-state index in [4.69, 9.17) is 23.2 Å². The van der Waals surface area contributed by atoms with Gasteiger partial charge in [-0.2, -0.15) is 5.10 Å². The molecular formula is C21H15Cl2N3O4. The Morgan fingerprint density at radius 1 is 0.967 bits per heavy atom. The number of aliphatic hydroxyl groups is 1. The monoisotopic (exact) mass is 443 g/mol. The fourth-order valence-corrected chi connectivity index (χ4v) is 3.07. The molecule has 0 heterocycles. The number of carbonyl (C=O) groups excluding carboxylic acids is 1. The molecule has 0 aromatic heterocycles. The number of nitrogens with one attached hydrogen (secondary N) is 1. The zero-order valence-corrected chi connectivity index (χ0v) is 16.8. The van der Waals surface area contributed by atoms with E-state index in [-0.39, 0.29) is 22.4 Å². The molecule has 1 amide bonds. The lowest BCUT2D eigenvalue weighted by Crippen LogP contribution is -2.43. The van der Waals surface area contributed by atoms with Gasteiger partial charge in [-0.25, -0.2) is 5.43 Å². The third-order valence-corrected chi connectivity index (χ3v) is 4.86. The maximum atomic E-state index is 13.0. The maximum Gasteiger partial charge on any atom is 0.281 e. The number of hydrogen-bond acceptors (Lipinski definition) is 5. The van der Waals surface area contributed by atoms with Crippen LogP contribution in [0.25, 0.3) is 0 Å². The molecule has 0 radical (unpaired) electrons. The van der Waals surface area contributed by atoms with Gasteiger partial charge in [-0.3, -0.25) is 14.9 Å². The molecule has 3 rings (SSSR count). The zero-order valence-electron chi connectivity index (χ0n) is 15.3. The Hall–Kier alpha value is -3.26. The number of carbonyl (C=O) groups is 1. The highest BCUT2D eigenvalue weighted by molar-refractivity contribution is 6.30. The second-order valence-corrected chi connectivity index (χ2v) is 7.11. The fourth-order valence-electron chi connectivity index (χ4n) is 2.82. The van der Waals surface area contributed by atoms with Crippen LogP contribution in [0.3, 0.4) is 0 Å². The van der Waals surface area contributed by atoms with Gasteiger partial charge in [0.25, 0.3) is 11.6 Å². The molecule has 0 aliphatic carbocycles. The second kappa shape index (κ2) is 9.04. The van der Waals surface area contributed by atoms with Gasteiger partial charge in [0.2, 0.25) is 0 Å². The average Bonchev–Trinajstić information content (AvgIpc) is 2.74. The number of para-hydroxylation sites is 1. The number of halogens is 2. The molecule has 0 bridgehead atoms. The van der Waals surface area contributed by atoms with Crippen molar-refractivity contribution in [2.75, 3.05) is 0 Å². The van der Waals surface area contributed by atoms with Crippen LogP contribution in [0.5, 0.6) is 0 Å². The normalized spacial score (nSPS) is 11.4. The van der Waals surface area contributed by atoms with Gasteiger partial charge < -0.3 is 5.11 Å². The van der Waals surface area contributed by atoms with Crippen LogP contribution in [-0.2, 0) is 10.4 Å². The van der Waals surface area contributed by atoms with E-state index in [2.05, 4.69) is 10.5 Å². The molecule has 30 heavy (non-hydrogen) atoms. The minimum Gasteiger partial charge on any atom is -0.372 e. The molecule has 9 heteroatoms. The summed E-state index contributed by atoms with van der Waals surface area (Å²) in [7, 11) is 0. The predicted octanol–water partition coefficient (Wildman–Crippen LogP) is 4.29. The van der Waals surface area contributed by atoms with Gasteiger partial charge in [-0.15, -0.1) is 0 Å². The van der Waals surface area contributed by atoms with Crippen LogP contribution < -0.4 is 5.43 Å². The molecule has 0 saturated carbocycles. The number of nitrogens with zero attached hydrogens (tertiary/aromatic N) is 2. The van der Waals surface area contributed by atoms with Crippen LogP contribution in [0, 0.1) is 10.1 Å². The molecular weight excluding hydrogens is 429 g/mol. The third kappa shape index (κ3) is 4.49. The quantitative estimate of drug-likeness (QED) is 0.336. The summed E-state index contributed by atoms with van der Waals surface area (Å²) in [5, 5.41) is 27.1. The Morgan fingerprint density at radius 3 is 1.97 bits per heavy atom. The van der Waals surface area contributed by atoms with Crippen molar-refractivity contribution in [2.24, 2.45) is 5.10 Å². The van der Waals surface area contributed by atoms with Gasteiger partial charge in [-0.05, 0) is 41.5 Å². The summed E-state index contributed by atoms with van der Waals surface area (Å²) in [6, 6.07) is 18.2. The lowest BCUT2D eigenvalue weighted by Gasteiger charge is -2.27. The van der Waals surface area contributed by atoms with E-state index < -0.39 is 16.4 Å². The van der Waals surface area contributed by atoms with Crippen LogP contribution in [-0.4, -0.2) is 22.2 Å². The molecule has 2 N–H and O–H groups in total. The van der Waals surface area contributed by atoms with Crippen molar-refractivity contribution >= 4 is 41.0 Å². The Balaban J connectivity index is 1.94. The number of benzene rings is 3. The van der Waals surface area contributed by atoms with E-state index in [1.807, 2.05) is 0 Å². The summed E-state index contributed by atoms with van der Waals surface area (Å²) < 4.78 is 0. The molecule has 0 fully saturated rings. The third-order valence-electron chi connectivity index (χ3n) is 4.36. The average molecular weight is 444 g/mol. The SMILES string of the molecule is O=C(N/N=C/c1ccccc1[N+](=O)[O-])C(O)(c1ccc(Cl)cc1)c1ccc(Cl)cc1. The highest BCUT2D eigenvalue weighted by Gasteiger charge is 2.40.